The maximum atomic E-state index is 13.9. The Balaban J connectivity index is 1.72. The van der Waals surface area contributed by atoms with Crippen LogP contribution in [0, 0.1) is 0 Å². The van der Waals surface area contributed by atoms with E-state index in [9.17, 15) is 23.1 Å². The Kier molecular flexibility index (Phi) is 7.80. The highest BCUT2D eigenvalue weighted by atomic mass is 32.2. The molecule has 1 aliphatic heterocycles. The lowest BCUT2D eigenvalue weighted by atomic mass is 9.96. The molecule has 1 aliphatic rings. The van der Waals surface area contributed by atoms with E-state index in [0.29, 0.717) is 29.4 Å². The lowest BCUT2D eigenvalue weighted by Gasteiger charge is -2.22. The fraction of sp³-hybridized carbons (Fsp3) is 0.320. The maximum absolute atomic E-state index is 13.9. The number of pyridine rings is 2. The number of halogens is 3. The van der Waals surface area contributed by atoms with Gasteiger partial charge in [-0.25, -0.2) is 9.97 Å². The standard InChI is InChI=1S/C25H25F3N4O2S/c26-25(27,28)19-13-14-20-29-24(19)18-10-5-4-9-17(18)8-3-1-2-6-15-32(16-23(33)34)21-11-7-12-22(30-21)35-31-20/h4-5,7,9-14H,1-3,6,8,15-16H2,(H,29,31)(H,33,34). The molecule has 3 heterocycles. The van der Waals surface area contributed by atoms with Gasteiger partial charge in [0.25, 0.3) is 0 Å². The zero-order valence-electron chi connectivity index (χ0n) is 18.9. The Morgan fingerprint density at radius 2 is 1.80 bits per heavy atom. The van der Waals surface area contributed by atoms with Gasteiger partial charge in [0.05, 0.1) is 11.3 Å². The van der Waals surface area contributed by atoms with Gasteiger partial charge in [0.15, 0.2) is 0 Å². The van der Waals surface area contributed by atoms with Gasteiger partial charge in [0.1, 0.15) is 23.2 Å². The van der Waals surface area contributed by atoms with Crippen LogP contribution in [0.25, 0.3) is 11.3 Å². The van der Waals surface area contributed by atoms with Gasteiger partial charge in [-0.15, -0.1) is 0 Å². The van der Waals surface area contributed by atoms with Crippen LogP contribution in [0.15, 0.2) is 59.6 Å². The summed E-state index contributed by atoms with van der Waals surface area (Å²) >= 11 is 1.11. The van der Waals surface area contributed by atoms with E-state index >= 15 is 0 Å². The van der Waals surface area contributed by atoms with Crippen molar-refractivity contribution < 1.29 is 23.1 Å². The van der Waals surface area contributed by atoms with Gasteiger partial charge in [0, 0.05) is 24.1 Å². The summed E-state index contributed by atoms with van der Waals surface area (Å²) in [7, 11) is 0. The molecule has 0 aliphatic carbocycles. The van der Waals surface area contributed by atoms with Crippen molar-refractivity contribution in [1.82, 2.24) is 9.97 Å². The zero-order chi connectivity index (χ0) is 24.8. The Bertz CT molecular complexity index is 1190. The predicted octanol–water partition coefficient (Wildman–Crippen LogP) is 6.29. The number of benzene rings is 1. The first-order valence-corrected chi connectivity index (χ1v) is 12.2. The summed E-state index contributed by atoms with van der Waals surface area (Å²) in [4.78, 5) is 22.0. The second kappa shape index (κ2) is 11.0. The third-order valence-electron chi connectivity index (χ3n) is 5.72. The Morgan fingerprint density at radius 1 is 1.00 bits per heavy atom. The van der Waals surface area contributed by atoms with Crippen molar-refractivity contribution >= 4 is 29.6 Å². The molecule has 2 N–H and O–H groups in total. The van der Waals surface area contributed by atoms with E-state index in [1.165, 1.54) is 6.07 Å². The van der Waals surface area contributed by atoms with Crippen molar-refractivity contribution in [2.24, 2.45) is 0 Å². The Labute approximate surface area is 205 Å². The molecule has 0 saturated heterocycles. The van der Waals surface area contributed by atoms with Gasteiger partial charge in [-0.3, -0.25) is 4.79 Å². The van der Waals surface area contributed by atoms with E-state index in [1.54, 1.807) is 35.2 Å². The van der Waals surface area contributed by atoms with Crippen LogP contribution < -0.4 is 9.62 Å². The normalized spacial score (nSPS) is 15.0. The molecule has 4 bridgehead atoms. The molecule has 1 aromatic carbocycles. The number of rotatable bonds is 2. The van der Waals surface area contributed by atoms with Gasteiger partial charge in [0.2, 0.25) is 0 Å². The van der Waals surface area contributed by atoms with Crippen molar-refractivity contribution in [3.8, 4) is 11.3 Å². The summed E-state index contributed by atoms with van der Waals surface area (Å²) in [5.74, 6) is -0.129. The highest BCUT2D eigenvalue weighted by Gasteiger charge is 2.35. The summed E-state index contributed by atoms with van der Waals surface area (Å²) in [6.07, 6.45) is -0.576. The number of alkyl halides is 3. The van der Waals surface area contributed by atoms with Crippen molar-refractivity contribution in [3.05, 3.63) is 65.7 Å². The number of aromatic nitrogens is 2. The molecule has 2 aromatic heterocycles. The first-order valence-electron chi connectivity index (χ1n) is 11.3. The second-order valence-corrected chi connectivity index (χ2v) is 9.09. The summed E-state index contributed by atoms with van der Waals surface area (Å²) in [5, 5.41) is 9.89. The fourth-order valence-electron chi connectivity index (χ4n) is 4.07. The molecule has 4 rings (SSSR count). The predicted molar refractivity (Wildman–Crippen MR) is 130 cm³/mol. The molecule has 0 atom stereocenters. The minimum Gasteiger partial charge on any atom is -0.480 e. The number of anilines is 2. The van der Waals surface area contributed by atoms with Gasteiger partial charge in [-0.1, -0.05) is 43.2 Å². The SMILES string of the molecule is O=C(O)CN1CCCCCCc2ccccc2-c2nc(ccc2C(F)(F)F)NSc2cccc1n2. The van der Waals surface area contributed by atoms with Gasteiger partial charge >= 0.3 is 12.1 Å². The van der Waals surface area contributed by atoms with Gasteiger partial charge in [-0.05, 0) is 49.1 Å². The van der Waals surface area contributed by atoms with E-state index in [2.05, 4.69) is 14.7 Å². The number of aryl methyl sites for hydroxylation is 1. The van der Waals surface area contributed by atoms with Crippen LogP contribution >= 0.6 is 11.9 Å². The summed E-state index contributed by atoms with van der Waals surface area (Å²) in [6, 6.07) is 14.7. The van der Waals surface area contributed by atoms with E-state index in [-0.39, 0.29) is 18.1 Å². The number of fused-ring (bicyclic) bond motifs is 6. The minimum absolute atomic E-state index is 0.0997. The molecule has 6 nitrogen and oxygen atoms in total. The highest BCUT2D eigenvalue weighted by Crippen LogP contribution is 2.38. The van der Waals surface area contributed by atoms with Crippen LogP contribution in [0.1, 0.15) is 36.8 Å². The summed E-state index contributed by atoms with van der Waals surface area (Å²) < 4.78 is 44.6. The van der Waals surface area contributed by atoms with Crippen molar-refractivity contribution in [2.45, 2.75) is 43.3 Å². The quantitative estimate of drug-likeness (QED) is 0.399. The van der Waals surface area contributed by atoms with Crippen molar-refractivity contribution in [2.75, 3.05) is 22.7 Å². The summed E-state index contributed by atoms with van der Waals surface area (Å²) in [6.45, 7) is 0.389. The second-order valence-electron chi connectivity index (χ2n) is 8.27. The van der Waals surface area contributed by atoms with Gasteiger partial charge < -0.3 is 14.7 Å². The molecule has 35 heavy (non-hydrogen) atoms. The third-order valence-corrected chi connectivity index (χ3v) is 6.46. The number of hydrogen-bond acceptors (Lipinski definition) is 6. The molecule has 0 spiro atoms. The van der Waals surface area contributed by atoms with E-state index in [0.717, 1.165) is 49.3 Å². The Hall–Kier alpha value is -3.27. The number of carboxylic acids is 1. The molecular weight excluding hydrogens is 477 g/mol. The number of hydrogen-bond donors (Lipinski definition) is 2. The molecule has 10 heteroatoms. The largest absolute Gasteiger partial charge is 0.480 e. The highest BCUT2D eigenvalue weighted by molar-refractivity contribution is 8.00. The molecule has 0 fully saturated rings. The third kappa shape index (κ3) is 6.45. The topological polar surface area (TPSA) is 78.3 Å². The van der Waals surface area contributed by atoms with Gasteiger partial charge in [-0.2, -0.15) is 13.2 Å². The number of carboxylic acid groups (broad SMARTS) is 1. The van der Waals surface area contributed by atoms with E-state index < -0.39 is 17.7 Å². The Morgan fingerprint density at radius 3 is 2.60 bits per heavy atom. The van der Waals surface area contributed by atoms with Crippen molar-refractivity contribution in [1.29, 1.82) is 0 Å². The smallest absolute Gasteiger partial charge is 0.418 e. The first-order chi connectivity index (χ1) is 16.8. The monoisotopic (exact) mass is 502 g/mol. The van der Waals surface area contributed by atoms with E-state index in [1.807, 2.05) is 12.1 Å². The molecule has 3 aromatic rings. The maximum Gasteiger partial charge on any atom is 0.418 e. The lowest BCUT2D eigenvalue weighted by Crippen LogP contribution is -2.31. The molecule has 184 valence electrons. The summed E-state index contributed by atoms with van der Waals surface area (Å²) in [5.41, 5.74) is 0.422. The molecule has 0 radical (unpaired) electrons. The number of aliphatic carboxylic acids is 1. The van der Waals surface area contributed by atoms with E-state index in [4.69, 9.17) is 0 Å². The number of nitrogens with one attached hydrogen (secondary N) is 1. The molecule has 0 amide bonds. The average molecular weight is 503 g/mol. The van der Waals surface area contributed by atoms with Crippen LogP contribution in [-0.4, -0.2) is 34.1 Å². The number of carbonyl (C=O) groups is 1. The zero-order valence-corrected chi connectivity index (χ0v) is 19.7. The van der Waals surface area contributed by atoms with Crippen LogP contribution in [-0.2, 0) is 17.4 Å². The minimum atomic E-state index is -4.54. The molecule has 0 saturated carbocycles. The molecular formula is C25H25F3N4O2S. The number of nitrogens with zero attached hydrogens (tertiary/aromatic N) is 3. The van der Waals surface area contributed by atoms with Crippen LogP contribution in [0.2, 0.25) is 0 Å². The lowest BCUT2D eigenvalue weighted by molar-refractivity contribution is -0.137. The van der Waals surface area contributed by atoms with Crippen molar-refractivity contribution in [3.63, 3.8) is 0 Å². The fourth-order valence-corrected chi connectivity index (χ4v) is 4.68. The van der Waals surface area contributed by atoms with Crippen LogP contribution in [0.3, 0.4) is 0 Å². The van der Waals surface area contributed by atoms with Crippen LogP contribution in [0.4, 0.5) is 24.8 Å². The first kappa shape index (κ1) is 24.8. The average Bonchev–Trinajstić information content (AvgIpc) is 2.83. The van der Waals surface area contributed by atoms with Crippen LogP contribution in [0.5, 0.6) is 0 Å². The molecule has 0 unspecified atom stereocenters.